The fraction of sp³-hybridized carbons (Fsp3) is 0. The summed E-state index contributed by atoms with van der Waals surface area (Å²) in [5.74, 6) is 0.654. The smallest absolute Gasteiger partial charge is 0.161 e. The number of furan rings is 1. The van der Waals surface area contributed by atoms with E-state index in [0.717, 1.165) is 72.4 Å². The van der Waals surface area contributed by atoms with Gasteiger partial charge in [-0.3, -0.25) is 0 Å². The van der Waals surface area contributed by atoms with Crippen molar-refractivity contribution in [2.24, 2.45) is 0 Å². The molecule has 0 amide bonds. The van der Waals surface area contributed by atoms with Crippen molar-refractivity contribution in [2.75, 3.05) is 0 Å². The number of rotatable bonds is 6. The summed E-state index contributed by atoms with van der Waals surface area (Å²) in [7, 11) is 0. The molecule has 0 saturated heterocycles. The van der Waals surface area contributed by atoms with E-state index in [4.69, 9.17) is 14.4 Å². The maximum Gasteiger partial charge on any atom is 0.161 e. The molecule has 4 heterocycles. The third-order valence-electron chi connectivity index (χ3n) is 12.5. The monoisotopic (exact) mass is 804 g/mol. The van der Waals surface area contributed by atoms with Gasteiger partial charge in [0.2, 0.25) is 0 Å². The molecule has 0 radical (unpaired) electrons. The van der Waals surface area contributed by atoms with Crippen LogP contribution in [0, 0.1) is 0 Å². The summed E-state index contributed by atoms with van der Waals surface area (Å²) in [6.07, 6.45) is 0. The van der Waals surface area contributed by atoms with Crippen LogP contribution in [0.25, 0.3) is 122 Å². The first kappa shape index (κ1) is 35.2. The molecule has 4 aromatic heterocycles. The second-order valence-electron chi connectivity index (χ2n) is 16.2. The molecule has 9 aromatic carbocycles. The lowest BCUT2D eigenvalue weighted by Crippen LogP contribution is -1.96. The van der Waals surface area contributed by atoms with Gasteiger partial charge in [0.05, 0.1) is 33.5 Å². The van der Waals surface area contributed by atoms with Gasteiger partial charge in [0.25, 0.3) is 0 Å². The van der Waals surface area contributed by atoms with Gasteiger partial charge < -0.3 is 13.6 Å². The molecule has 0 spiro atoms. The summed E-state index contributed by atoms with van der Waals surface area (Å²) < 4.78 is 11.3. The van der Waals surface area contributed by atoms with Gasteiger partial charge in [-0.2, -0.15) is 0 Å². The highest BCUT2D eigenvalue weighted by Crippen LogP contribution is 2.41. The Balaban J connectivity index is 0.971. The van der Waals surface area contributed by atoms with Crippen LogP contribution in [-0.4, -0.2) is 19.1 Å². The van der Waals surface area contributed by atoms with Gasteiger partial charge in [-0.05, 0) is 90.0 Å². The highest BCUT2D eigenvalue weighted by molar-refractivity contribution is 6.15. The summed E-state index contributed by atoms with van der Waals surface area (Å²) >= 11 is 0. The molecule has 0 fully saturated rings. The lowest BCUT2D eigenvalue weighted by molar-refractivity contribution is 0.669. The van der Waals surface area contributed by atoms with Crippen LogP contribution in [0.15, 0.2) is 223 Å². The van der Waals surface area contributed by atoms with Crippen molar-refractivity contribution < 1.29 is 4.42 Å². The molecule has 0 unspecified atom stereocenters. The van der Waals surface area contributed by atoms with Crippen molar-refractivity contribution in [1.82, 2.24) is 19.1 Å². The summed E-state index contributed by atoms with van der Waals surface area (Å²) in [6, 6.07) is 77.3. The van der Waals surface area contributed by atoms with Crippen molar-refractivity contribution in [3.8, 4) is 56.4 Å². The predicted octanol–water partition coefficient (Wildman–Crippen LogP) is 15.2. The van der Waals surface area contributed by atoms with Crippen LogP contribution in [-0.2, 0) is 0 Å². The van der Waals surface area contributed by atoms with Crippen LogP contribution < -0.4 is 0 Å². The number of nitrogens with zero attached hydrogens (tertiary/aromatic N) is 4. The minimum absolute atomic E-state index is 0.654. The van der Waals surface area contributed by atoms with E-state index in [1.54, 1.807) is 0 Å². The largest absolute Gasteiger partial charge is 0.456 e. The minimum Gasteiger partial charge on any atom is -0.456 e. The number of aromatic nitrogens is 4. The summed E-state index contributed by atoms with van der Waals surface area (Å²) in [6.45, 7) is 0. The van der Waals surface area contributed by atoms with E-state index in [1.165, 1.54) is 43.7 Å². The highest BCUT2D eigenvalue weighted by Gasteiger charge is 2.20. The van der Waals surface area contributed by atoms with Crippen LogP contribution in [0.1, 0.15) is 0 Å². The molecule has 294 valence electrons. The Kier molecular flexibility index (Phi) is 7.84. The molecule has 0 bridgehead atoms. The zero-order valence-electron chi connectivity index (χ0n) is 34.0. The van der Waals surface area contributed by atoms with Crippen LogP contribution >= 0.6 is 0 Å². The summed E-state index contributed by atoms with van der Waals surface area (Å²) in [4.78, 5) is 10.4. The molecule has 0 aliphatic carbocycles. The molecule has 0 atom stereocenters. The van der Waals surface area contributed by atoms with E-state index < -0.39 is 0 Å². The average molecular weight is 805 g/mol. The van der Waals surface area contributed by atoms with E-state index in [9.17, 15) is 0 Å². The van der Waals surface area contributed by atoms with Gasteiger partial charge in [-0.25, -0.2) is 9.97 Å². The summed E-state index contributed by atoms with van der Waals surface area (Å²) in [5.41, 5.74) is 15.6. The number of hydrogen-bond acceptors (Lipinski definition) is 3. The van der Waals surface area contributed by atoms with E-state index in [0.29, 0.717) is 5.82 Å². The normalized spacial score (nSPS) is 11.8. The van der Waals surface area contributed by atoms with Crippen molar-refractivity contribution in [2.45, 2.75) is 0 Å². The third-order valence-corrected chi connectivity index (χ3v) is 12.5. The van der Waals surface area contributed by atoms with Crippen LogP contribution in [0.3, 0.4) is 0 Å². The first-order valence-corrected chi connectivity index (χ1v) is 21.3. The Morgan fingerprint density at radius 2 is 0.841 bits per heavy atom. The molecule has 5 nitrogen and oxygen atoms in total. The van der Waals surface area contributed by atoms with Gasteiger partial charge in [-0.15, -0.1) is 0 Å². The van der Waals surface area contributed by atoms with Crippen molar-refractivity contribution >= 4 is 65.6 Å². The second kappa shape index (κ2) is 14.0. The fourth-order valence-corrected chi connectivity index (χ4v) is 9.66. The Bertz CT molecular complexity index is 3840. The topological polar surface area (TPSA) is 48.8 Å². The van der Waals surface area contributed by atoms with Gasteiger partial charge in [-0.1, -0.05) is 140 Å². The predicted molar refractivity (Wildman–Crippen MR) is 260 cm³/mol. The molecule has 0 aliphatic heterocycles. The van der Waals surface area contributed by atoms with Crippen molar-refractivity contribution in [3.05, 3.63) is 218 Å². The minimum atomic E-state index is 0.654. The molecule has 13 rings (SSSR count). The lowest BCUT2D eigenvalue weighted by Gasteiger charge is -2.11. The Hall–Kier alpha value is -8.54. The van der Waals surface area contributed by atoms with E-state index in [2.05, 4.69) is 179 Å². The SMILES string of the molecule is c1ccc(-c2cc(-c3ccccc3)nc(-c3cccc4oc5ccc(-n6c7ccccc7c7cc(-c8ccc9c(c8)c8ccccc8n9-c8ccccc8)ccc76)cc5c34)n2)cc1. The van der Waals surface area contributed by atoms with Crippen molar-refractivity contribution in [3.63, 3.8) is 0 Å². The van der Waals surface area contributed by atoms with E-state index >= 15 is 0 Å². The maximum atomic E-state index is 6.57. The van der Waals surface area contributed by atoms with Crippen LogP contribution in [0.2, 0.25) is 0 Å². The van der Waals surface area contributed by atoms with Gasteiger partial charge in [0.15, 0.2) is 5.82 Å². The van der Waals surface area contributed by atoms with Gasteiger partial charge >= 0.3 is 0 Å². The number of fused-ring (bicyclic) bond motifs is 9. The molecule has 13 aromatic rings. The van der Waals surface area contributed by atoms with Crippen LogP contribution in [0.5, 0.6) is 0 Å². The Labute approximate surface area is 362 Å². The first-order chi connectivity index (χ1) is 31.2. The molecule has 63 heavy (non-hydrogen) atoms. The molecular formula is C58H36N4O. The highest BCUT2D eigenvalue weighted by atomic mass is 16.3. The Morgan fingerprint density at radius 1 is 0.317 bits per heavy atom. The molecule has 0 saturated carbocycles. The third kappa shape index (κ3) is 5.64. The number of para-hydroxylation sites is 3. The number of hydrogen-bond donors (Lipinski definition) is 0. The Morgan fingerprint density at radius 3 is 1.44 bits per heavy atom. The number of benzene rings is 9. The van der Waals surface area contributed by atoms with Gasteiger partial charge in [0, 0.05) is 60.4 Å². The maximum absolute atomic E-state index is 6.57. The molecule has 5 heteroatoms. The fourth-order valence-electron chi connectivity index (χ4n) is 9.66. The quantitative estimate of drug-likeness (QED) is 0.168. The van der Waals surface area contributed by atoms with Crippen LogP contribution in [0.4, 0.5) is 0 Å². The molecule has 0 aliphatic rings. The van der Waals surface area contributed by atoms with E-state index in [1.807, 2.05) is 48.5 Å². The zero-order chi connectivity index (χ0) is 41.4. The first-order valence-electron chi connectivity index (χ1n) is 21.3. The average Bonchev–Trinajstić information content (AvgIpc) is 4.01. The van der Waals surface area contributed by atoms with E-state index in [-0.39, 0.29) is 0 Å². The standard InChI is InChI=1S/C58H36N4O/c1-4-15-37(16-5-1)49-36-50(38-17-6-2-7-18-38)60-58(59-49)45-23-14-26-56-57(45)48-35-42(29-32-55(48)63-56)62-52-25-13-11-22-44(52)47-34-40(28-31-54(47)62)39-27-30-53-46(33-39)43-21-10-12-24-51(43)61(53)41-19-8-3-9-20-41/h1-36H. The molecule has 0 N–H and O–H groups in total. The molecular weight excluding hydrogens is 769 g/mol. The zero-order valence-corrected chi connectivity index (χ0v) is 34.0. The summed E-state index contributed by atoms with van der Waals surface area (Å²) in [5, 5.41) is 6.89. The lowest BCUT2D eigenvalue weighted by atomic mass is 10.0. The second-order valence-corrected chi connectivity index (χ2v) is 16.2. The van der Waals surface area contributed by atoms with Gasteiger partial charge in [0.1, 0.15) is 11.2 Å². The van der Waals surface area contributed by atoms with Crippen molar-refractivity contribution in [1.29, 1.82) is 0 Å².